The van der Waals surface area contributed by atoms with Crippen LogP contribution in [-0.2, 0) is 14.3 Å². The molecule has 7 nitrogen and oxygen atoms in total. The molecule has 0 aliphatic heterocycles. The zero-order valence-corrected chi connectivity index (χ0v) is 15.5. The van der Waals surface area contributed by atoms with Gasteiger partial charge in [-0.2, -0.15) is 0 Å². The lowest BCUT2D eigenvalue weighted by atomic mass is 9.99. The van der Waals surface area contributed by atoms with Gasteiger partial charge in [-0.05, 0) is 30.2 Å². The van der Waals surface area contributed by atoms with E-state index < -0.39 is 12.0 Å². The van der Waals surface area contributed by atoms with Crippen LogP contribution < -0.4 is 5.32 Å². The van der Waals surface area contributed by atoms with E-state index >= 15 is 0 Å². The van der Waals surface area contributed by atoms with E-state index in [-0.39, 0.29) is 34.5 Å². The summed E-state index contributed by atoms with van der Waals surface area (Å²) in [6.45, 7) is 3.79. The fraction of sp³-hybridized carbons (Fsp3) is 0.412. The van der Waals surface area contributed by atoms with E-state index in [0.717, 1.165) is 18.2 Å². The molecule has 9 heteroatoms. The van der Waals surface area contributed by atoms with Gasteiger partial charge in [0.1, 0.15) is 11.9 Å². The van der Waals surface area contributed by atoms with Crippen molar-refractivity contribution in [3.05, 3.63) is 30.1 Å². The Morgan fingerprint density at radius 1 is 1.31 bits per heavy atom. The topological polar surface area (TPSA) is 94.3 Å². The number of rotatable bonds is 8. The molecule has 1 amide bonds. The standard InChI is InChI=1S/C17H20FN3O4S/c1-4-10(2)14(16(23)24-3)19-13(22)9-26-17-21-20-15(25-17)11-5-7-12(18)8-6-11/h5-8,10,14H,4,9H2,1-3H3,(H,19,22)/t10-,14+/m0/s1. The van der Waals surface area contributed by atoms with E-state index in [0.29, 0.717) is 5.56 Å². The van der Waals surface area contributed by atoms with Crippen LogP contribution in [0, 0.1) is 11.7 Å². The quantitative estimate of drug-likeness (QED) is 0.555. The molecule has 2 aromatic rings. The summed E-state index contributed by atoms with van der Waals surface area (Å²) >= 11 is 1.05. The van der Waals surface area contributed by atoms with E-state index in [9.17, 15) is 14.0 Å². The first kappa shape index (κ1) is 19.9. The summed E-state index contributed by atoms with van der Waals surface area (Å²) < 4.78 is 23.1. The maximum atomic E-state index is 12.9. The Kier molecular flexibility index (Phi) is 7.14. The van der Waals surface area contributed by atoms with E-state index in [1.807, 2.05) is 13.8 Å². The van der Waals surface area contributed by atoms with E-state index in [2.05, 4.69) is 15.5 Å². The Morgan fingerprint density at radius 2 is 2.00 bits per heavy atom. The highest BCUT2D eigenvalue weighted by atomic mass is 32.2. The zero-order valence-electron chi connectivity index (χ0n) is 14.7. The predicted octanol–water partition coefficient (Wildman–Crippen LogP) is 2.67. The molecule has 0 aliphatic carbocycles. The number of benzene rings is 1. The summed E-state index contributed by atoms with van der Waals surface area (Å²) in [6, 6.07) is 4.94. The predicted molar refractivity (Wildman–Crippen MR) is 93.8 cm³/mol. The van der Waals surface area contributed by atoms with Crippen LogP contribution in [0.25, 0.3) is 11.5 Å². The summed E-state index contributed by atoms with van der Waals surface area (Å²) in [7, 11) is 1.29. The molecular weight excluding hydrogens is 361 g/mol. The van der Waals surface area contributed by atoms with Gasteiger partial charge in [0.2, 0.25) is 11.8 Å². The third kappa shape index (κ3) is 5.29. The molecule has 0 unspecified atom stereocenters. The van der Waals surface area contributed by atoms with Gasteiger partial charge in [-0.25, -0.2) is 9.18 Å². The molecule has 0 radical (unpaired) electrons. The number of methoxy groups -OCH3 is 1. The Labute approximate surface area is 154 Å². The highest BCUT2D eigenvalue weighted by molar-refractivity contribution is 7.99. The van der Waals surface area contributed by atoms with Crippen LogP contribution in [0.3, 0.4) is 0 Å². The average molecular weight is 381 g/mol. The summed E-state index contributed by atoms with van der Waals surface area (Å²) in [5, 5.41) is 10.6. The summed E-state index contributed by atoms with van der Waals surface area (Å²) in [4.78, 5) is 23.9. The van der Waals surface area contributed by atoms with Gasteiger partial charge in [0, 0.05) is 5.56 Å². The largest absolute Gasteiger partial charge is 0.467 e. The smallest absolute Gasteiger partial charge is 0.328 e. The maximum absolute atomic E-state index is 12.9. The van der Waals surface area contributed by atoms with Gasteiger partial charge < -0.3 is 14.5 Å². The number of amides is 1. The van der Waals surface area contributed by atoms with Crippen molar-refractivity contribution in [3.63, 3.8) is 0 Å². The number of hydrogen-bond acceptors (Lipinski definition) is 7. The van der Waals surface area contributed by atoms with Crippen molar-refractivity contribution >= 4 is 23.6 Å². The molecule has 0 bridgehead atoms. The monoisotopic (exact) mass is 381 g/mol. The van der Waals surface area contributed by atoms with Gasteiger partial charge in [0.25, 0.3) is 5.22 Å². The second-order valence-electron chi connectivity index (χ2n) is 5.62. The van der Waals surface area contributed by atoms with Gasteiger partial charge >= 0.3 is 5.97 Å². The van der Waals surface area contributed by atoms with Crippen molar-refractivity contribution < 1.29 is 23.1 Å². The van der Waals surface area contributed by atoms with E-state index in [1.54, 1.807) is 0 Å². The molecule has 0 spiro atoms. The second kappa shape index (κ2) is 9.33. The van der Waals surface area contributed by atoms with Gasteiger partial charge in [0.05, 0.1) is 12.9 Å². The molecule has 0 aliphatic rings. The van der Waals surface area contributed by atoms with Crippen molar-refractivity contribution in [2.45, 2.75) is 31.5 Å². The third-order valence-corrected chi connectivity index (χ3v) is 4.63. The van der Waals surface area contributed by atoms with Crippen LogP contribution in [0.1, 0.15) is 20.3 Å². The summed E-state index contributed by atoms with van der Waals surface area (Å²) in [6.07, 6.45) is 0.720. The number of aromatic nitrogens is 2. The summed E-state index contributed by atoms with van der Waals surface area (Å²) in [5.74, 6) is -0.984. The van der Waals surface area contributed by atoms with Crippen molar-refractivity contribution in [1.29, 1.82) is 0 Å². The lowest BCUT2D eigenvalue weighted by molar-refractivity contribution is -0.146. The minimum atomic E-state index is -0.699. The molecule has 1 heterocycles. The Bertz CT molecular complexity index is 751. The van der Waals surface area contributed by atoms with Crippen molar-refractivity contribution in [1.82, 2.24) is 15.5 Å². The number of carbonyl (C=O) groups is 2. The molecule has 140 valence electrons. The molecule has 26 heavy (non-hydrogen) atoms. The number of esters is 1. The van der Waals surface area contributed by atoms with Crippen LogP contribution in [0.2, 0.25) is 0 Å². The lowest BCUT2D eigenvalue weighted by Gasteiger charge is -2.21. The Morgan fingerprint density at radius 3 is 2.62 bits per heavy atom. The first-order chi connectivity index (χ1) is 12.4. The minimum Gasteiger partial charge on any atom is -0.467 e. The van der Waals surface area contributed by atoms with Gasteiger partial charge in [-0.15, -0.1) is 10.2 Å². The molecule has 1 aromatic carbocycles. The maximum Gasteiger partial charge on any atom is 0.328 e. The highest BCUT2D eigenvalue weighted by Crippen LogP contribution is 2.23. The average Bonchev–Trinajstić information content (AvgIpc) is 3.12. The lowest BCUT2D eigenvalue weighted by Crippen LogP contribution is -2.46. The van der Waals surface area contributed by atoms with Crippen molar-refractivity contribution in [2.75, 3.05) is 12.9 Å². The Hall–Kier alpha value is -2.42. The second-order valence-corrected chi connectivity index (χ2v) is 6.55. The molecule has 0 saturated carbocycles. The number of carbonyl (C=O) groups excluding carboxylic acids is 2. The fourth-order valence-electron chi connectivity index (χ4n) is 2.12. The summed E-state index contributed by atoms with van der Waals surface area (Å²) in [5.41, 5.74) is 0.581. The number of hydrogen-bond donors (Lipinski definition) is 1. The van der Waals surface area contributed by atoms with Crippen molar-refractivity contribution in [2.24, 2.45) is 5.92 Å². The molecule has 1 aromatic heterocycles. The number of halogens is 1. The fourth-order valence-corrected chi connectivity index (χ4v) is 2.69. The van der Waals surface area contributed by atoms with Crippen LogP contribution in [0.15, 0.2) is 33.9 Å². The van der Waals surface area contributed by atoms with Gasteiger partial charge in [-0.1, -0.05) is 32.0 Å². The SMILES string of the molecule is CC[C@H](C)[C@@H](NC(=O)CSc1nnc(-c2ccc(F)cc2)o1)C(=O)OC. The van der Waals surface area contributed by atoms with E-state index in [4.69, 9.17) is 9.15 Å². The molecule has 2 atom stereocenters. The number of nitrogens with zero attached hydrogens (tertiary/aromatic N) is 2. The van der Waals surface area contributed by atoms with E-state index in [1.165, 1.54) is 31.4 Å². The van der Waals surface area contributed by atoms with Gasteiger partial charge in [0.15, 0.2) is 0 Å². The van der Waals surface area contributed by atoms with Crippen LogP contribution in [0.5, 0.6) is 0 Å². The molecule has 0 fully saturated rings. The third-order valence-electron chi connectivity index (χ3n) is 3.81. The normalized spacial score (nSPS) is 13.1. The van der Waals surface area contributed by atoms with Crippen LogP contribution in [-0.4, -0.2) is 41.0 Å². The van der Waals surface area contributed by atoms with Crippen LogP contribution >= 0.6 is 11.8 Å². The molecule has 0 saturated heterocycles. The number of thioether (sulfide) groups is 1. The Balaban J connectivity index is 1.92. The molecule has 2 rings (SSSR count). The van der Waals surface area contributed by atoms with Crippen LogP contribution in [0.4, 0.5) is 4.39 Å². The number of nitrogens with one attached hydrogen (secondary N) is 1. The number of ether oxygens (including phenoxy) is 1. The molecule has 1 N–H and O–H groups in total. The first-order valence-corrected chi connectivity index (χ1v) is 9.02. The first-order valence-electron chi connectivity index (χ1n) is 8.04. The van der Waals surface area contributed by atoms with Crippen molar-refractivity contribution in [3.8, 4) is 11.5 Å². The zero-order chi connectivity index (χ0) is 19.1. The van der Waals surface area contributed by atoms with Gasteiger partial charge in [-0.3, -0.25) is 4.79 Å². The highest BCUT2D eigenvalue weighted by Gasteiger charge is 2.26. The molecular formula is C17H20FN3O4S. The minimum absolute atomic E-state index is 0.00891.